The maximum Gasteiger partial charge on any atom is 0.165 e. The molecule has 2 rings (SSSR count). The molecule has 1 aromatic rings. The highest BCUT2D eigenvalue weighted by molar-refractivity contribution is 5.29. The number of hydrogen-bond donors (Lipinski definition) is 1. The molecule has 1 aliphatic carbocycles. The van der Waals surface area contributed by atoms with Gasteiger partial charge in [0.15, 0.2) is 11.6 Å². The van der Waals surface area contributed by atoms with E-state index in [1.54, 1.807) is 12.1 Å². The number of ether oxygens (including phenoxy) is 1. The Morgan fingerprint density at radius 1 is 1.37 bits per heavy atom. The summed E-state index contributed by atoms with van der Waals surface area (Å²) in [6, 6.07) is 5.95. The second-order valence-corrected chi connectivity index (χ2v) is 5.53. The van der Waals surface area contributed by atoms with Gasteiger partial charge in [-0.05, 0) is 55.3 Å². The highest BCUT2D eigenvalue weighted by atomic mass is 19.1. The lowest BCUT2D eigenvalue weighted by Crippen LogP contribution is -2.32. The third-order valence-electron chi connectivity index (χ3n) is 4.41. The molecule has 1 saturated carbocycles. The molecular weight excluding hydrogens is 241 g/mol. The van der Waals surface area contributed by atoms with E-state index in [9.17, 15) is 4.39 Å². The molecule has 1 N–H and O–H groups in total. The standard InChI is InChI=1S/C16H24FNO/c1-4-18-15-7-6-13(11(15)2)9-12-5-8-16(19-3)14(17)10-12/h5,8,10-11,13,15,18H,4,6-7,9H2,1-3H3. The predicted octanol–water partition coefficient (Wildman–Crippen LogP) is 3.40. The van der Waals surface area contributed by atoms with E-state index >= 15 is 0 Å². The van der Waals surface area contributed by atoms with Gasteiger partial charge in [-0.3, -0.25) is 0 Å². The molecule has 3 unspecified atom stereocenters. The van der Waals surface area contributed by atoms with Crippen LogP contribution in [0.15, 0.2) is 18.2 Å². The first-order valence-corrected chi connectivity index (χ1v) is 7.21. The number of hydrogen-bond acceptors (Lipinski definition) is 2. The van der Waals surface area contributed by atoms with Crippen LogP contribution in [0.5, 0.6) is 5.75 Å². The van der Waals surface area contributed by atoms with Gasteiger partial charge in [-0.25, -0.2) is 4.39 Å². The van der Waals surface area contributed by atoms with Gasteiger partial charge >= 0.3 is 0 Å². The second-order valence-electron chi connectivity index (χ2n) is 5.53. The van der Waals surface area contributed by atoms with E-state index < -0.39 is 0 Å². The highest BCUT2D eigenvalue weighted by Crippen LogP contribution is 2.34. The number of methoxy groups -OCH3 is 1. The highest BCUT2D eigenvalue weighted by Gasteiger charge is 2.32. The topological polar surface area (TPSA) is 21.3 Å². The molecular formula is C16H24FNO. The molecule has 0 heterocycles. The van der Waals surface area contributed by atoms with Gasteiger partial charge in [0.05, 0.1) is 7.11 Å². The van der Waals surface area contributed by atoms with E-state index in [0.29, 0.717) is 23.6 Å². The van der Waals surface area contributed by atoms with Crippen LogP contribution in [0, 0.1) is 17.7 Å². The van der Waals surface area contributed by atoms with Crippen LogP contribution in [-0.4, -0.2) is 19.7 Å². The quantitative estimate of drug-likeness (QED) is 0.881. The molecule has 1 aliphatic rings. The molecule has 0 bridgehead atoms. The van der Waals surface area contributed by atoms with E-state index in [1.165, 1.54) is 20.0 Å². The lowest BCUT2D eigenvalue weighted by molar-refractivity contribution is 0.353. The number of nitrogens with one attached hydrogen (secondary N) is 1. The van der Waals surface area contributed by atoms with Gasteiger partial charge in [0.25, 0.3) is 0 Å². The van der Waals surface area contributed by atoms with Crippen LogP contribution in [0.2, 0.25) is 0 Å². The van der Waals surface area contributed by atoms with Crippen molar-refractivity contribution in [2.24, 2.45) is 11.8 Å². The zero-order valence-corrected chi connectivity index (χ0v) is 12.1. The van der Waals surface area contributed by atoms with Gasteiger partial charge in [-0.15, -0.1) is 0 Å². The summed E-state index contributed by atoms with van der Waals surface area (Å²) in [5.41, 5.74) is 1.08. The zero-order chi connectivity index (χ0) is 13.8. The van der Waals surface area contributed by atoms with Crippen molar-refractivity contribution in [3.05, 3.63) is 29.6 Å². The number of benzene rings is 1. The molecule has 0 radical (unpaired) electrons. The Morgan fingerprint density at radius 2 is 2.16 bits per heavy atom. The SMILES string of the molecule is CCNC1CCC(Cc2ccc(OC)c(F)c2)C1C. The van der Waals surface area contributed by atoms with E-state index in [1.807, 2.05) is 6.07 Å². The van der Waals surface area contributed by atoms with Crippen molar-refractivity contribution < 1.29 is 9.13 Å². The molecule has 1 aromatic carbocycles. The third-order valence-corrected chi connectivity index (χ3v) is 4.41. The second kappa shape index (κ2) is 6.38. The molecule has 3 heteroatoms. The maximum absolute atomic E-state index is 13.7. The van der Waals surface area contributed by atoms with Crippen LogP contribution < -0.4 is 10.1 Å². The van der Waals surface area contributed by atoms with Crippen molar-refractivity contribution in [2.45, 2.75) is 39.2 Å². The fourth-order valence-electron chi connectivity index (χ4n) is 3.23. The van der Waals surface area contributed by atoms with Crippen molar-refractivity contribution in [1.29, 1.82) is 0 Å². The minimum absolute atomic E-state index is 0.256. The first-order chi connectivity index (χ1) is 9.15. The van der Waals surface area contributed by atoms with Crippen LogP contribution in [-0.2, 0) is 6.42 Å². The van der Waals surface area contributed by atoms with E-state index in [4.69, 9.17) is 4.74 Å². The molecule has 0 aromatic heterocycles. The lowest BCUT2D eigenvalue weighted by Gasteiger charge is -2.21. The van der Waals surface area contributed by atoms with Crippen molar-refractivity contribution in [1.82, 2.24) is 5.32 Å². The predicted molar refractivity (Wildman–Crippen MR) is 76.0 cm³/mol. The Hall–Kier alpha value is -1.09. The Balaban J connectivity index is 2.00. The summed E-state index contributed by atoms with van der Waals surface area (Å²) in [6.07, 6.45) is 3.43. The van der Waals surface area contributed by atoms with Crippen LogP contribution in [0.3, 0.4) is 0 Å². The van der Waals surface area contributed by atoms with Crippen molar-refractivity contribution in [3.63, 3.8) is 0 Å². The number of rotatable bonds is 5. The largest absolute Gasteiger partial charge is 0.494 e. The fourth-order valence-corrected chi connectivity index (χ4v) is 3.23. The molecule has 0 spiro atoms. The summed E-state index contributed by atoms with van der Waals surface area (Å²) in [5, 5.41) is 3.55. The first-order valence-electron chi connectivity index (χ1n) is 7.21. The van der Waals surface area contributed by atoms with Crippen LogP contribution >= 0.6 is 0 Å². The van der Waals surface area contributed by atoms with Gasteiger partial charge in [0.2, 0.25) is 0 Å². The average molecular weight is 265 g/mol. The summed E-state index contributed by atoms with van der Waals surface area (Å²) in [4.78, 5) is 0. The van der Waals surface area contributed by atoms with Gasteiger partial charge in [0.1, 0.15) is 0 Å². The minimum atomic E-state index is -0.256. The minimum Gasteiger partial charge on any atom is -0.494 e. The van der Waals surface area contributed by atoms with Gasteiger partial charge < -0.3 is 10.1 Å². The van der Waals surface area contributed by atoms with Gasteiger partial charge in [0, 0.05) is 6.04 Å². The van der Waals surface area contributed by atoms with Crippen molar-refractivity contribution in [2.75, 3.05) is 13.7 Å². The molecule has 1 fully saturated rings. The Labute approximate surface area is 115 Å². The Kier molecular flexibility index (Phi) is 4.81. The Bertz CT molecular complexity index is 421. The van der Waals surface area contributed by atoms with Gasteiger partial charge in [-0.1, -0.05) is 19.9 Å². The summed E-state index contributed by atoms with van der Waals surface area (Å²) in [5.74, 6) is 1.38. The summed E-state index contributed by atoms with van der Waals surface area (Å²) in [7, 11) is 1.50. The third kappa shape index (κ3) is 3.27. The first kappa shape index (κ1) is 14.3. The summed E-state index contributed by atoms with van der Waals surface area (Å²) < 4.78 is 18.6. The molecule has 0 aliphatic heterocycles. The lowest BCUT2D eigenvalue weighted by atomic mass is 9.89. The van der Waals surface area contributed by atoms with Crippen LogP contribution in [0.4, 0.5) is 4.39 Å². The molecule has 0 amide bonds. The van der Waals surface area contributed by atoms with E-state index in [-0.39, 0.29) is 5.82 Å². The van der Waals surface area contributed by atoms with Crippen molar-refractivity contribution >= 4 is 0 Å². The zero-order valence-electron chi connectivity index (χ0n) is 12.1. The summed E-state index contributed by atoms with van der Waals surface area (Å²) >= 11 is 0. The monoisotopic (exact) mass is 265 g/mol. The van der Waals surface area contributed by atoms with E-state index in [0.717, 1.165) is 18.5 Å². The molecule has 0 saturated heterocycles. The molecule has 2 nitrogen and oxygen atoms in total. The molecule has 106 valence electrons. The van der Waals surface area contributed by atoms with Crippen LogP contribution in [0.25, 0.3) is 0 Å². The van der Waals surface area contributed by atoms with Crippen molar-refractivity contribution in [3.8, 4) is 5.75 Å². The maximum atomic E-state index is 13.7. The van der Waals surface area contributed by atoms with Gasteiger partial charge in [-0.2, -0.15) is 0 Å². The molecule has 19 heavy (non-hydrogen) atoms. The molecule has 3 atom stereocenters. The van der Waals surface area contributed by atoms with Crippen LogP contribution in [0.1, 0.15) is 32.3 Å². The smallest absolute Gasteiger partial charge is 0.165 e. The average Bonchev–Trinajstić information content (AvgIpc) is 2.72. The number of halogens is 1. The fraction of sp³-hybridized carbons (Fsp3) is 0.625. The summed E-state index contributed by atoms with van der Waals surface area (Å²) in [6.45, 7) is 5.49. The normalized spacial score (nSPS) is 26.6. The van der Waals surface area contributed by atoms with E-state index in [2.05, 4.69) is 19.2 Å². The Morgan fingerprint density at radius 3 is 2.79 bits per heavy atom.